The molecule has 3 aromatic rings. The fraction of sp³-hybridized carbons (Fsp3) is 0.190. The van der Waals surface area contributed by atoms with Gasteiger partial charge in [-0.05, 0) is 36.8 Å². The van der Waals surface area contributed by atoms with Gasteiger partial charge in [-0.3, -0.25) is 9.59 Å². The molecular weight excluding hydrogens is 397 g/mol. The van der Waals surface area contributed by atoms with E-state index in [9.17, 15) is 22.8 Å². The van der Waals surface area contributed by atoms with Crippen LogP contribution in [0.5, 0.6) is 0 Å². The number of benzene rings is 2. The van der Waals surface area contributed by atoms with Gasteiger partial charge in [0.05, 0.1) is 17.4 Å². The van der Waals surface area contributed by atoms with E-state index in [1.807, 2.05) is 30.3 Å². The Kier molecular flexibility index (Phi) is 6.20. The number of nitrogens with zero attached hydrogens (tertiary/aromatic N) is 3. The molecule has 2 aromatic carbocycles. The number of carbonyl (C=O) groups excluding carboxylic acids is 2. The number of aromatic nitrogens is 2. The van der Waals surface area contributed by atoms with Crippen LogP contribution in [0.2, 0.25) is 0 Å². The van der Waals surface area contributed by atoms with Gasteiger partial charge in [0, 0.05) is 25.0 Å². The van der Waals surface area contributed by atoms with Crippen LogP contribution >= 0.6 is 0 Å². The van der Waals surface area contributed by atoms with Gasteiger partial charge in [0.15, 0.2) is 0 Å². The lowest BCUT2D eigenvalue weighted by atomic mass is 10.1. The lowest BCUT2D eigenvalue weighted by Crippen LogP contribution is -2.40. The first-order valence-corrected chi connectivity index (χ1v) is 9.14. The largest absolute Gasteiger partial charge is 0.471 e. The van der Waals surface area contributed by atoms with Gasteiger partial charge in [0.25, 0.3) is 5.91 Å². The number of hydrogen-bond donors (Lipinski definition) is 1. The molecule has 0 fully saturated rings. The van der Waals surface area contributed by atoms with Gasteiger partial charge in [-0.25, -0.2) is 4.68 Å². The summed E-state index contributed by atoms with van der Waals surface area (Å²) in [5, 5.41) is 6.86. The lowest BCUT2D eigenvalue weighted by molar-refractivity contribution is -0.185. The van der Waals surface area contributed by atoms with Crippen molar-refractivity contribution in [3.05, 3.63) is 78.1 Å². The zero-order valence-electron chi connectivity index (χ0n) is 16.1. The van der Waals surface area contributed by atoms with E-state index in [1.54, 1.807) is 29.1 Å². The van der Waals surface area contributed by atoms with Crippen LogP contribution in [0.25, 0.3) is 5.69 Å². The maximum absolute atomic E-state index is 12.7. The van der Waals surface area contributed by atoms with Crippen LogP contribution in [-0.4, -0.2) is 39.2 Å². The summed E-state index contributed by atoms with van der Waals surface area (Å²) in [5.41, 5.74) is 1.99. The van der Waals surface area contributed by atoms with Gasteiger partial charge in [0.1, 0.15) is 0 Å². The average Bonchev–Trinajstić information content (AvgIpc) is 3.22. The van der Waals surface area contributed by atoms with Crippen molar-refractivity contribution >= 4 is 17.5 Å². The third-order valence-electron chi connectivity index (χ3n) is 4.34. The number of para-hydroxylation sites is 1. The standard InChI is InChI=1S/C21H19F3N4O2/c1-2-27(20(30)21(22,23)24)13-15-7-6-8-17(11-15)26-19(29)16-12-25-28(14-16)18-9-4-3-5-10-18/h3-12,14H,2,13H2,1H3,(H,26,29). The number of rotatable bonds is 6. The van der Waals surface area contributed by atoms with E-state index in [0.717, 1.165) is 5.69 Å². The summed E-state index contributed by atoms with van der Waals surface area (Å²) in [5.74, 6) is -2.30. The van der Waals surface area contributed by atoms with Crippen LogP contribution in [0.3, 0.4) is 0 Å². The molecule has 0 bridgehead atoms. The summed E-state index contributed by atoms with van der Waals surface area (Å²) in [6, 6.07) is 15.6. The second-order valence-electron chi connectivity index (χ2n) is 6.48. The first-order chi connectivity index (χ1) is 14.3. The number of hydrogen-bond acceptors (Lipinski definition) is 3. The topological polar surface area (TPSA) is 67.2 Å². The summed E-state index contributed by atoms with van der Waals surface area (Å²) in [4.78, 5) is 24.7. The van der Waals surface area contributed by atoms with E-state index in [2.05, 4.69) is 10.4 Å². The molecule has 156 valence electrons. The van der Waals surface area contributed by atoms with Gasteiger partial charge < -0.3 is 10.2 Å². The quantitative estimate of drug-likeness (QED) is 0.660. The number of amides is 2. The van der Waals surface area contributed by atoms with E-state index >= 15 is 0 Å². The first kappa shape index (κ1) is 21.1. The SMILES string of the molecule is CCN(Cc1cccc(NC(=O)c2cnn(-c3ccccc3)c2)c1)C(=O)C(F)(F)F. The molecule has 0 radical (unpaired) electrons. The molecule has 9 heteroatoms. The smallest absolute Gasteiger partial charge is 0.331 e. The molecule has 3 rings (SSSR count). The van der Waals surface area contributed by atoms with Crippen LogP contribution < -0.4 is 5.32 Å². The maximum atomic E-state index is 12.7. The summed E-state index contributed by atoms with van der Waals surface area (Å²) in [6.07, 6.45) is -1.93. The molecule has 0 aliphatic carbocycles. The number of anilines is 1. The molecule has 0 saturated carbocycles. The Hall–Kier alpha value is -3.62. The molecular formula is C21H19F3N4O2. The van der Waals surface area contributed by atoms with E-state index in [1.165, 1.54) is 19.2 Å². The van der Waals surface area contributed by atoms with Crippen molar-refractivity contribution in [2.24, 2.45) is 0 Å². The van der Waals surface area contributed by atoms with Crippen LogP contribution in [0.1, 0.15) is 22.8 Å². The van der Waals surface area contributed by atoms with Gasteiger partial charge in [-0.2, -0.15) is 18.3 Å². The molecule has 1 heterocycles. The van der Waals surface area contributed by atoms with E-state index < -0.39 is 18.0 Å². The molecule has 0 aliphatic rings. The van der Waals surface area contributed by atoms with Crippen molar-refractivity contribution in [2.75, 3.05) is 11.9 Å². The minimum atomic E-state index is -4.93. The number of halogens is 3. The van der Waals surface area contributed by atoms with Gasteiger partial charge >= 0.3 is 12.1 Å². The average molecular weight is 416 g/mol. The maximum Gasteiger partial charge on any atom is 0.471 e. The molecule has 0 aliphatic heterocycles. The number of alkyl halides is 3. The Morgan fingerprint density at radius 2 is 1.83 bits per heavy atom. The highest BCUT2D eigenvalue weighted by Gasteiger charge is 2.41. The number of nitrogens with one attached hydrogen (secondary N) is 1. The van der Waals surface area contributed by atoms with Gasteiger partial charge in [-0.1, -0.05) is 30.3 Å². The highest BCUT2D eigenvalue weighted by atomic mass is 19.4. The fourth-order valence-corrected chi connectivity index (χ4v) is 2.84. The normalized spacial score (nSPS) is 11.2. The zero-order chi connectivity index (χ0) is 21.7. The molecule has 0 spiro atoms. The van der Waals surface area contributed by atoms with Crippen LogP contribution in [0.4, 0.5) is 18.9 Å². The van der Waals surface area contributed by atoms with Crippen molar-refractivity contribution in [3.63, 3.8) is 0 Å². The minimum Gasteiger partial charge on any atom is -0.331 e. The van der Waals surface area contributed by atoms with Crippen molar-refractivity contribution < 1.29 is 22.8 Å². The zero-order valence-corrected chi connectivity index (χ0v) is 16.1. The molecule has 1 N–H and O–H groups in total. The van der Waals surface area contributed by atoms with Crippen molar-refractivity contribution in [1.82, 2.24) is 14.7 Å². The lowest BCUT2D eigenvalue weighted by Gasteiger charge is -2.22. The highest BCUT2D eigenvalue weighted by Crippen LogP contribution is 2.21. The van der Waals surface area contributed by atoms with Crippen LogP contribution in [0, 0.1) is 0 Å². The second kappa shape index (κ2) is 8.81. The van der Waals surface area contributed by atoms with Crippen LogP contribution in [0.15, 0.2) is 67.0 Å². The summed E-state index contributed by atoms with van der Waals surface area (Å²) in [6.45, 7) is 1.16. The second-order valence-corrected chi connectivity index (χ2v) is 6.48. The third kappa shape index (κ3) is 5.05. The Labute approximate surface area is 170 Å². The van der Waals surface area contributed by atoms with Gasteiger partial charge in [0.2, 0.25) is 0 Å². The molecule has 6 nitrogen and oxygen atoms in total. The molecule has 2 amide bonds. The van der Waals surface area contributed by atoms with Crippen LogP contribution in [-0.2, 0) is 11.3 Å². The Balaban J connectivity index is 1.70. The summed E-state index contributed by atoms with van der Waals surface area (Å²) >= 11 is 0. The Morgan fingerprint density at radius 1 is 1.10 bits per heavy atom. The number of carbonyl (C=O) groups is 2. The molecule has 0 saturated heterocycles. The summed E-state index contributed by atoms with van der Waals surface area (Å²) in [7, 11) is 0. The van der Waals surface area contributed by atoms with Gasteiger partial charge in [-0.15, -0.1) is 0 Å². The summed E-state index contributed by atoms with van der Waals surface area (Å²) < 4.78 is 39.7. The highest BCUT2D eigenvalue weighted by molar-refractivity contribution is 6.04. The third-order valence-corrected chi connectivity index (χ3v) is 4.34. The molecule has 1 aromatic heterocycles. The Morgan fingerprint density at radius 3 is 2.50 bits per heavy atom. The monoisotopic (exact) mass is 416 g/mol. The van der Waals surface area contributed by atoms with Crippen molar-refractivity contribution in [2.45, 2.75) is 19.6 Å². The minimum absolute atomic E-state index is 0.0897. The molecule has 30 heavy (non-hydrogen) atoms. The predicted octanol–water partition coefficient (Wildman–Crippen LogP) is 4.04. The first-order valence-electron chi connectivity index (χ1n) is 9.14. The molecule has 0 atom stereocenters. The van der Waals surface area contributed by atoms with Crippen molar-refractivity contribution in [1.29, 1.82) is 0 Å². The molecule has 0 unspecified atom stereocenters. The predicted molar refractivity (Wildman–Crippen MR) is 105 cm³/mol. The van der Waals surface area contributed by atoms with E-state index in [4.69, 9.17) is 0 Å². The van der Waals surface area contributed by atoms with Crippen molar-refractivity contribution in [3.8, 4) is 5.69 Å². The van der Waals surface area contributed by atoms with E-state index in [0.29, 0.717) is 21.7 Å². The fourth-order valence-electron chi connectivity index (χ4n) is 2.84. The van der Waals surface area contributed by atoms with E-state index in [-0.39, 0.29) is 13.1 Å². The Bertz CT molecular complexity index is 1030.